The Bertz CT molecular complexity index is 822. The molecule has 6 nitrogen and oxygen atoms in total. The Balaban J connectivity index is 1.48. The van der Waals surface area contributed by atoms with Crippen LogP contribution in [0.2, 0.25) is 0 Å². The molecule has 0 atom stereocenters. The summed E-state index contributed by atoms with van der Waals surface area (Å²) in [7, 11) is 0. The molecular formula is C17H17N5O. The van der Waals surface area contributed by atoms with Gasteiger partial charge in [0.1, 0.15) is 17.8 Å². The summed E-state index contributed by atoms with van der Waals surface area (Å²) in [5.41, 5.74) is 1.37. The van der Waals surface area contributed by atoms with Crippen LogP contribution in [0.3, 0.4) is 0 Å². The second kappa shape index (κ2) is 5.79. The topological polar surface area (TPSA) is 74.8 Å². The zero-order chi connectivity index (χ0) is 15.6. The molecule has 1 amide bonds. The van der Waals surface area contributed by atoms with Crippen LogP contribution in [0.1, 0.15) is 35.1 Å². The molecule has 0 bridgehead atoms. The smallest absolute Gasteiger partial charge is 0.272 e. The average Bonchev–Trinajstić information content (AvgIpc) is 3.15. The first kappa shape index (κ1) is 13.9. The second-order valence-corrected chi connectivity index (χ2v) is 5.83. The van der Waals surface area contributed by atoms with E-state index in [4.69, 9.17) is 0 Å². The summed E-state index contributed by atoms with van der Waals surface area (Å²) in [5.74, 6) is 1.28. The zero-order valence-corrected chi connectivity index (χ0v) is 12.6. The minimum Gasteiger partial charge on any atom is -0.337 e. The van der Waals surface area contributed by atoms with E-state index in [-0.39, 0.29) is 5.91 Å². The number of benzene rings is 1. The van der Waals surface area contributed by atoms with Gasteiger partial charge in [0.2, 0.25) is 0 Å². The molecule has 6 heteroatoms. The van der Waals surface area contributed by atoms with Gasteiger partial charge >= 0.3 is 0 Å². The normalized spacial score (nSPS) is 15.9. The number of H-pyrrole nitrogens is 1. The maximum absolute atomic E-state index is 12.7. The van der Waals surface area contributed by atoms with Crippen molar-refractivity contribution in [1.29, 1.82) is 0 Å². The predicted molar refractivity (Wildman–Crippen MR) is 86.0 cm³/mol. The van der Waals surface area contributed by atoms with Crippen molar-refractivity contribution < 1.29 is 4.79 Å². The third-order valence-electron chi connectivity index (χ3n) is 4.42. The quantitative estimate of drug-likeness (QED) is 0.788. The van der Waals surface area contributed by atoms with Crippen molar-refractivity contribution in [3.63, 3.8) is 0 Å². The summed E-state index contributed by atoms with van der Waals surface area (Å²) in [6.45, 7) is 1.44. The Labute approximate surface area is 133 Å². The molecule has 3 aromatic rings. The molecule has 1 aliphatic rings. The van der Waals surface area contributed by atoms with Crippen LogP contribution in [-0.2, 0) is 0 Å². The lowest BCUT2D eigenvalue weighted by atomic mass is 9.96. The fraction of sp³-hybridized carbons (Fsp3) is 0.294. The highest BCUT2D eigenvalue weighted by atomic mass is 16.2. The van der Waals surface area contributed by atoms with Crippen molar-refractivity contribution in [2.24, 2.45) is 0 Å². The number of carbonyl (C=O) groups is 1. The Kier molecular flexibility index (Phi) is 3.49. The number of fused-ring (bicyclic) bond motifs is 1. The van der Waals surface area contributed by atoms with Crippen molar-refractivity contribution >= 4 is 16.8 Å². The fourth-order valence-electron chi connectivity index (χ4n) is 3.11. The lowest BCUT2D eigenvalue weighted by Crippen LogP contribution is -2.38. The van der Waals surface area contributed by atoms with Crippen LogP contribution in [0.5, 0.6) is 0 Å². The Morgan fingerprint density at radius 2 is 1.96 bits per heavy atom. The van der Waals surface area contributed by atoms with Crippen LogP contribution in [-0.4, -0.2) is 44.1 Å². The standard InChI is InChI=1S/C17H17N5O/c23-17(15-6-5-12-3-1-2-4-14(12)20-15)22-9-7-13(8-10-22)16-18-11-19-21-16/h1-6,11,13H,7-10H2,(H,18,19,21). The molecule has 116 valence electrons. The molecule has 2 aromatic heterocycles. The number of aromatic amines is 1. The van der Waals surface area contributed by atoms with Gasteiger partial charge in [-0.15, -0.1) is 0 Å². The van der Waals surface area contributed by atoms with Gasteiger partial charge in [0, 0.05) is 24.4 Å². The number of nitrogens with one attached hydrogen (secondary N) is 1. The molecule has 1 saturated heterocycles. The zero-order valence-electron chi connectivity index (χ0n) is 12.6. The number of hydrogen-bond acceptors (Lipinski definition) is 4. The van der Waals surface area contributed by atoms with Crippen molar-refractivity contribution in [2.45, 2.75) is 18.8 Å². The van der Waals surface area contributed by atoms with E-state index < -0.39 is 0 Å². The first-order valence-corrected chi connectivity index (χ1v) is 7.81. The highest BCUT2D eigenvalue weighted by Crippen LogP contribution is 2.25. The monoisotopic (exact) mass is 307 g/mol. The number of amides is 1. The van der Waals surface area contributed by atoms with E-state index in [0.717, 1.165) is 42.7 Å². The van der Waals surface area contributed by atoms with Crippen LogP contribution >= 0.6 is 0 Å². The largest absolute Gasteiger partial charge is 0.337 e. The van der Waals surface area contributed by atoms with Gasteiger partial charge in [0.15, 0.2) is 0 Å². The van der Waals surface area contributed by atoms with Crippen molar-refractivity contribution in [2.75, 3.05) is 13.1 Å². The number of carbonyl (C=O) groups excluding carboxylic acids is 1. The van der Waals surface area contributed by atoms with Crippen LogP contribution in [0.15, 0.2) is 42.7 Å². The van der Waals surface area contributed by atoms with Gasteiger partial charge in [-0.25, -0.2) is 9.97 Å². The van der Waals surface area contributed by atoms with Crippen molar-refractivity contribution in [3.05, 3.63) is 54.2 Å². The lowest BCUT2D eigenvalue weighted by molar-refractivity contribution is 0.0705. The maximum Gasteiger partial charge on any atom is 0.272 e. The van der Waals surface area contributed by atoms with E-state index in [1.807, 2.05) is 41.3 Å². The molecule has 0 saturated carbocycles. The van der Waals surface area contributed by atoms with Gasteiger partial charge < -0.3 is 4.90 Å². The van der Waals surface area contributed by atoms with Gasteiger partial charge in [0.25, 0.3) is 5.91 Å². The molecule has 0 aliphatic carbocycles. The third kappa shape index (κ3) is 2.67. The third-order valence-corrected chi connectivity index (χ3v) is 4.42. The molecule has 1 fully saturated rings. The summed E-state index contributed by atoms with van der Waals surface area (Å²) in [6, 6.07) is 11.6. The number of nitrogens with zero attached hydrogens (tertiary/aromatic N) is 4. The lowest BCUT2D eigenvalue weighted by Gasteiger charge is -2.30. The van der Waals surface area contributed by atoms with Gasteiger partial charge in [-0.3, -0.25) is 9.89 Å². The second-order valence-electron chi connectivity index (χ2n) is 5.83. The van der Waals surface area contributed by atoms with Crippen LogP contribution < -0.4 is 0 Å². The summed E-state index contributed by atoms with van der Waals surface area (Å²) in [5, 5.41) is 7.88. The molecule has 1 aliphatic heterocycles. The molecule has 1 N–H and O–H groups in total. The first-order valence-electron chi connectivity index (χ1n) is 7.81. The molecule has 0 unspecified atom stereocenters. The van der Waals surface area contributed by atoms with E-state index in [9.17, 15) is 4.79 Å². The van der Waals surface area contributed by atoms with Crippen LogP contribution in [0.25, 0.3) is 10.9 Å². The van der Waals surface area contributed by atoms with Crippen molar-refractivity contribution in [3.8, 4) is 0 Å². The minimum absolute atomic E-state index is 0.00627. The molecule has 1 aromatic carbocycles. The highest BCUT2D eigenvalue weighted by Gasteiger charge is 2.26. The Morgan fingerprint density at radius 3 is 2.74 bits per heavy atom. The fourth-order valence-corrected chi connectivity index (χ4v) is 3.11. The summed E-state index contributed by atoms with van der Waals surface area (Å²) in [6.07, 6.45) is 3.33. The first-order chi connectivity index (χ1) is 11.3. The van der Waals surface area contributed by atoms with E-state index >= 15 is 0 Å². The molecular weight excluding hydrogens is 290 g/mol. The molecule has 4 rings (SSSR count). The van der Waals surface area contributed by atoms with Gasteiger partial charge in [-0.2, -0.15) is 5.10 Å². The number of pyridine rings is 1. The number of para-hydroxylation sites is 1. The van der Waals surface area contributed by atoms with Crippen molar-refractivity contribution in [1.82, 2.24) is 25.1 Å². The number of rotatable bonds is 2. The number of likely N-dealkylation sites (tertiary alicyclic amines) is 1. The number of aromatic nitrogens is 4. The highest BCUT2D eigenvalue weighted by molar-refractivity contribution is 5.94. The van der Waals surface area contributed by atoms with Gasteiger partial charge in [0.05, 0.1) is 5.52 Å². The molecule has 0 radical (unpaired) electrons. The van der Waals surface area contributed by atoms with E-state index in [0.29, 0.717) is 11.6 Å². The molecule has 0 spiro atoms. The SMILES string of the molecule is O=C(c1ccc2ccccc2n1)N1CCC(c2ncn[nH]2)CC1. The average molecular weight is 307 g/mol. The summed E-state index contributed by atoms with van der Waals surface area (Å²) in [4.78, 5) is 23.3. The Hall–Kier alpha value is -2.76. The van der Waals surface area contributed by atoms with Gasteiger partial charge in [-0.05, 0) is 25.0 Å². The van der Waals surface area contributed by atoms with Crippen LogP contribution in [0.4, 0.5) is 0 Å². The van der Waals surface area contributed by atoms with Gasteiger partial charge in [-0.1, -0.05) is 24.3 Å². The summed E-state index contributed by atoms with van der Waals surface area (Å²) >= 11 is 0. The molecule has 23 heavy (non-hydrogen) atoms. The van der Waals surface area contributed by atoms with Crippen LogP contribution in [0, 0.1) is 0 Å². The van der Waals surface area contributed by atoms with E-state index in [1.165, 1.54) is 6.33 Å². The Morgan fingerprint density at radius 1 is 1.13 bits per heavy atom. The van der Waals surface area contributed by atoms with E-state index in [1.54, 1.807) is 0 Å². The number of piperidine rings is 1. The molecule has 3 heterocycles. The summed E-state index contributed by atoms with van der Waals surface area (Å²) < 4.78 is 0. The minimum atomic E-state index is 0.00627. The predicted octanol–water partition coefficient (Wildman–Crippen LogP) is 2.37. The number of hydrogen-bond donors (Lipinski definition) is 1. The van der Waals surface area contributed by atoms with E-state index in [2.05, 4.69) is 20.2 Å². The maximum atomic E-state index is 12.7.